The van der Waals surface area contributed by atoms with E-state index in [4.69, 9.17) is 0 Å². The highest BCUT2D eigenvalue weighted by atomic mass is 16.4. The van der Waals surface area contributed by atoms with Gasteiger partial charge in [-0.05, 0) is 38.5 Å². The van der Waals surface area contributed by atoms with Gasteiger partial charge >= 0.3 is 11.9 Å². The number of fused-ring (bicyclic) bond motifs is 1. The zero-order valence-corrected chi connectivity index (χ0v) is 14.4. The number of aliphatic carboxylic acids is 2. The number of nitrogens with one attached hydrogen (secondary N) is 1. The number of amides is 1. The van der Waals surface area contributed by atoms with Crippen molar-refractivity contribution in [2.24, 2.45) is 5.92 Å². The summed E-state index contributed by atoms with van der Waals surface area (Å²) in [6.45, 7) is 3.51. The van der Waals surface area contributed by atoms with Gasteiger partial charge in [-0.3, -0.25) is 14.9 Å². The van der Waals surface area contributed by atoms with Gasteiger partial charge in [0.15, 0.2) is 0 Å². The van der Waals surface area contributed by atoms with Crippen LogP contribution in [-0.2, 0) is 14.4 Å². The van der Waals surface area contributed by atoms with Crippen molar-refractivity contribution in [3.05, 3.63) is 0 Å². The minimum absolute atomic E-state index is 0.0222. The van der Waals surface area contributed by atoms with Crippen molar-refractivity contribution in [3.63, 3.8) is 0 Å². The van der Waals surface area contributed by atoms with Crippen LogP contribution in [0.2, 0.25) is 0 Å². The van der Waals surface area contributed by atoms with Crippen molar-refractivity contribution >= 4 is 17.8 Å². The number of hydrogen-bond acceptors (Lipinski definition) is 4. The maximum absolute atomic E-state index is 12.9. The first-order valence-corrected chi connectivity index (χ1v) is 8.90. The molecule has 2 rings (SSSR count). The van der Waals surface area contributed by atoms with Gasteiger partial charge in [0, 0.05) is 6.04 Å². The lowest BCUT2D eigenvalue weighted by atomic mass is 9.84. The number of carboxylic acids is 2. The molecule has 1 amide bonds. The van der Waals surface area contributed by atoms with Crippen molar-refractivity contribution in [1.29, 1.82) is 0 Å². The van der Waals surface area contributed by atoms with E-state index in [2.05, 4.69) is 5.32 Å². The summed E-state index contributed by atoms with van der Waals surface area (Å²) in [6, 6.07) is -2.31. The predicted octanol–water partition coefficient (Wildman–Crippen LogP) is 1.46. The van der Waals surface area contributed by atoms with Crippen molar-refractivity contribution in [3.8, 4) is 0 Å². The molecule has 0 bridgehead atoms. The lowest BCUT2D eigenvalue weighted by molar-refractivity contribution is -0.151. The second kappa shape index (κ2) is 7.96. The third-order valence-corrected chi connectivity index (χ3v) is 5.32. The Morgan fingerprint density at radius 2 is 1.88 bits per heavy atom. The smallest absolute Gasteiger partial charge is 0.326 e. The average Bonchev–Trinajstić information content (AvgIpc) is 2.93. The van der Waals surface area contributed by atoms with E-state index in [0.29, 0.717) is 19.3 Å². The Morgan fingerprint density at radius 3 is 2.46 bits per heavy atom. The van der Waals surface area contributed by atoms with Crippen LogP contribution in [0.1, 0.15) is 58.8 Å². The molecule has 0 aromatic carbocycles. The zero-order chi connectivity index (χ0) is 17.9. The van der Waals surface area contributed by atoms with Gasteiger partial charge in [-0.1, -0.05) is 26.2 Å². The van der Waals surface area contributed by atoms with Gasteiger partial charge in [-0.2, -0.15) is 0 Å². The largest absolute Gasteiger partial charge is 0.480 e. The zero-order valence-electron chi connectivity index (χ0n) is 14.4. The highest BCUT2D eigenvalue weighted by Gasteiger charge is 2.48. The summed E-state index contributed by atoms with van der Waals surface area (Å²) in [7, 11) is 0. The molecule has 5 atom stereocenters. The highest BCUT2D eigenvalue weighted by molar-refractivity contribution is 5.88. The molecule has 24 heavy (non-hydrogen) atoms. The molecule has 0 aromatic heterocycles. The van der Waals surface area contributed by atoms with E-state index in [-0.39, 0.29) is 17.9 Å². The Hall–Kier alpha value is -1.63. The molecule has 7 heteroatoms. The number of hydrogen-bond donors (Lipinski definition) is 3. The minimum atomic E-state index is -0.983. The Bertz CT molecular complexity index is 495. The lowest BCUT2D eigenvalue weighted by Crippen LogP contribution is -2.55. The van der Waals surface area contributed by atoms with Crippen LogP contribution >= 0.6 is 0 Å². The Morgan fingerprint density at radius 1 is 1.21 bits per heavy atom. The molecule has 7 nitrogen and oxygen atoms in total. The molecule has 0 radical (unpaired) electrons. The van der Waals surface area contributed by atoms with E-state index < -0.39 is 30.1 Å². The summed E-state index contributed by atoms with van der Waals surface area (Å²) in [6.07, 6.45) is 5.53. The average molecular weight is 340 g/mol. The first-order chi connectivity index (χ1) is 11.4. The Balaban J connectivity index is 2.12. The van der Waals surface area contributed by atoms with E-state index >= 15 is 0 Å². The van der Waals surface area contributed by atoms with Crippen LogP contribution in [0, 0.1) is 5.92 Å². The predicted molar refractivity (Wildman–Crippen MR) is 87.6 cm³/mol. The second-order valence-corrected chi connectivity index (χ2v) is 7.01. The number of carbonyl (C=O) groups excluding carboxylic acids is 1. The first-order valence-electron chi connectivity index (χ1n) is 8.90. The third-order valence-electron chi connectivity index (χ3n) is 5.32. The monoisotopic (exact) mass is 340 g/mol. The van der Waals surface area contributed by atoms with Crippen molar-refractivity contribution in [2.75, 3.05) is 0 Å². The van der Waals surface area contributed by atoms with Gasteiger partial charge in [-0.15, -0.1) is 0 Å². The van der Waals surface area contributed by atoms with Gasteiger partial charge in [0.1, 0.15) is 12.1 Å². The summed E-state index contributed by atoms with van der Waals surface area (Å²) < 4.78 is 0. The fourth-order valence-electron chi connectivity index (χ4n) is 4.16. The quantitative estimate of drug-likeness (QED) is 0.648. The fourth-order valence-corrected chi connectivity index (χ4v) is 4.16. The van der Waals surface area contributed by atoms with Crippen molar-refractivity contribution in [2.45, 2.75) is 83.0 Å². The van der Waals surface area contributed by atoms with Gasteiger partial charge < -0.3 is 15.1 Å². The van der Waals surface area contributed by atoms with Crippen molar-refractivity contribution in [1.82, 2.24) is 10.2 Å². The maximum Gasteiger partial charge on any atom is 0.326 e. The summed E-state index contributed by atoms with van der Waals surface area (Å²) in [5.74, 6) is -1.99. The molecular weight excluding hydrogens is 312 g/mol. The van der Waals surface area contributed by atoms with Crippen LogP contribution < -0.4 is 5.32 Å². The molecular formula is C17H28N2O5. The van der Waals surface area contributed by atoms with E-state index in [0.717, 1.165) is 25.7 Å². The molecule has 0 aromatic rings. The lowest BCUT2D eigenvalue weighted by Gasteiger charge is -2.35. The van der Waals surface area contributed by atoms with Gasteiger partial charge in [-0.25, -0.2) is 4.79 Å². The molecule has 0 spiro atoms. The van der Waals surface area contributed by atoms with Crippen LogP contribution in [0.25, 0.3) is 0 Å². The molecule has 1 aliphatic heterocycles. The maximum atomic E-state index is 12.9. The van der Waals surface area contributed by atoms with E-state index in [1.807, 2.05) is 6.92 Å². The Labute approximate surface area is 142 Å². The summed E-state index contributed by atoms with van der Waals surface area (Å²) in [5.41, 5.74) is 0. The normalized spacial score (nSPS) is 28.9. The summed E-state index contributed by atoms with van der Waals surface area (Å²) in [5, 5.41) is 21.6. The Kier molecular flexibility index (Phi) is 6.21. The molecule has 3 N–H and O–H groups in total. The van der Waals surface area contributed by atoms with Gasteiger partial charge in [0.2, 0.25) is 5.91 Å². The molecule has 1 aliphatic carbocycles. The SMILES string of the molecule is CCCC(N[C@H](C)C(=O)N1C(C(=O)O)CC2CCCCC21)C(=O)O. The fraction of sp³-hybridized carbons (Fsp3) is 0.824. The summed E-state index contributed by atoms with van der Waals surface area (Å²) >= 11 is 0. The number of carbonyl (C=O) groups is 3. The topological polar surface area (TPSA) is 107 Å². The van der Waals surface area contributed by atoms with Crippen LogP contribution in [0.15, 0.2) is 0 Å². The number of rotatable bonds is 7. The molecule has 2 aliphatic rings. The molecule has 4 unspecified atom stereocenters. The minimum Gasteiger partial charge on any atom is -0.480 e. The van der Waals surface area contributed by atoms with E-state index in [1.165, 1.54) is 4.90 Å². The number of carboxylic acid groups (broad SMARTS) is 2. The molecule has 2 fully saturated rings. The second-order valence-electron chi connectivity index (χ2n) is 7.01. The molecule has 1 saturated heterocycles. The van der Waals surface area contributed by atoms with Crippen LogP contribution in [0.4, 0.5) is 0 Å². The standard InChI is InChI=1S/C17H28N2O5/c1-3-6-12(16(21)22)18-10(2)15(20)19-13-8-5-4-7-11(13)9-14(19)17(23)24/h10-14,18H,3-9H2,1-2H3,(H,21,22)(H,23,24)/t10-,11?,12?,13?,14?/m1/s1. The summed E-state index contributed by atoms with van der Waals surface area (Å²) in [4.78, 5) is 37.3. The van der Waals surface area contributed by atoms with Crippen LogP contribution in [-0.4, -0.2) is 57.1 Å². The van der Waals surface area contributed by atoms with E-state index in [9.17, 15) is 24.6 Å². The van der Waals surface area contributed by atoms with Crippen LogP contribution in [0.5, 0.6) is 0 Å². The van der Waals surface area contributed by atoms with Gasteiger partial charge in [0.25, 0.3) is 0 Å². The van der Waals surface area contributed by atoms with E-state index in [1.54, 1.807) is 6.92 Å². The number of nitrogens with zero attached hydrogens (tertiary/aromatic N) is 1. The first kappa shape index (κ1) is 18.7. The molecule has 1 saturated carbocycles. The van der Waals surface area contributed by atoms with Crippen LogP contribution in [0.3, 0.4) is 0 Å². The van der Waals surface area contributed by atoms with Crippen molar-refractivity contribution < 1.29 is 24.6 Å². The number of likely N-dealkylation sites (tertiary alicyclic amines) is 1. The molecule has 136 valence electrons. The van der Waals surface area contributed by atoms with Gasteiger partial charge in [0.05, 0.1) is 6.04 Å². The highest BCUT2D eigenvalue weighted by Crippen LogP contribution is 2.40. The molecule has 1 heterocycles. The third kappa shape index (κ3) is 3.88.